The highest BCUT2D eigenvalue weighted by molar-refractivity contribution is 14.0. The number of halogens is 1. The lowest BCUT2D eigenvalue weighted by Gasteiger charge is -2.06. The third kappa shape index (κ3) is 14.0. The van der Waals surface area contributed by atoms with Gasteiger partial charge in [-0.3, -0.25) is 4.99 Å². The SMILES string of the molecule is CCOCCNC(N)=NCCC(C)C.I. The maximum absolute atomic E-state index is 5.63. The van der Waals surface area contributed by atoms with Gasteiger partial charge in [0.05, 0.1) is 6.61 Å². The Morgan fingerprint density at radius 2 is 2.13 bits per heavy atom. The molecule has 0 saturated heterocycles. The molecule has 0 aliphatic rings. The fourth-order valence-electron chi connectivity index (χ4n) is 0.895. The van der Waals surface area contributed by atoms with Gasteiger partial charge in [0.2, 0.25) is 0 Å². The molecular weight excluding hydrogens is 305 g/mol. The Balaban J connectivity index is 0. The van der Waals surface area contributed by atoms with E-state index in [2.05, 4.69) is 24.2 Å². The highest BCUT2D eigenvalue weighted by Crippen LogP contribution is 1.97. The Labute approximate surface area is 110 Å². The summed E-state index contributed by atoms with van der Waals surface area (Å²) in [4.78, 5) is 4.19. The van der Waals surface area contributed by atoms with Crippen LogP contribution in [-0.4, -0.2) is 32.3 Å². The molecule has 0 unspecified atom stereocenters. The van der Waals surface area contributed by atoms with Gasteiger partial charge in [-0.05, 0) is 19.3 Å². The molecule has 3 N–H and O–H groups in total. The molecule has 0 fully saturated rings. The van der Waals surface area contributed by atoms with Crippen LogP contribution < -0.4 is 11.1 Å². The second-order valence-electron chi connectivity index (χ2n) is 3.57. The van der Waals surface area contributed by atoms with Crippen molar-refractivity contribution in [1.29, 1.82) is 0 Å². The number of nitrogens with one attached hydrogen (secondary N) is 1. The Bertz CT molecular complexity index is 163. The van der Waals surface area contributed by atoms with Crippen molar-refractivity contribution in [2.75, 3.05) is 26.3 Å². The van der Waals surface area contributed by atoms with E-state index in [1.165, 1.54) is 0 Å². The first kappa shape index (κ1) is 17.4. The minimum absolute atomic E-state index is 0. The quantitative estimate of drug-likeness (QED) is 0.323. The van der Waals surface area contributed by atoms with Crippen molar-refractivity contribution in [3.63, 3.8) is 0 Å². The number of nitrogens with two attached hydrogens (primary N) is 1. The molecule has 0 radical (unpaired) electrons. The third-order valence-corrected chi connectivity index (χ3v) is 1.75. The molecule has 0 heterocycles. The predicted molar refractivity (Wildman–Crippen MR) is 75.9 cm³/mol. The van der Waals surface area contributed by atoms with Crippen molar-refractivity contribution in [2.45, 2.75) is 27.2 Å². The van der Waals surface area contributed by atoms with E-state index in [1.54, 1.807) is 0 Å². The van der Waals surface area contributed by atoms with Gasteiger partial charge in [0, 0.05) is 19.7 Å². The van der Waals surface area contributed by atoms with E-state index >= 15 is 0 Å². The van der Waals surface area contributed by atoms with E-state index in [0.717, 1.165) is 26.1 Å². The van der Waals surface area contributed by atoms with Crippen LogP contribution in [0.2, 0.25) is 0 Å². The van der Waals surface area contributed by atoms with Crippen molar-refractivity contribution < 1.29 is 4.74 Å². The topological polar surface area (TPSA) is 59.6 Å². The summed E-state index contributed by atoms with van der Waals surface area (Å²) in [6.07, 6.45) is 1.08. The number of guanidine groups is 1. The van der Waals surface area contributed by atoms with E-state index in [4.69, 9.17) is 10.5 Å². The zero-order valence-electron chi connectivity index (χ0n) is 9.95. The van der Waals surface area contributed by atoms with Gasteiger partial charge >= 0.3 is 0 Å². The van der Waals surface area contributed by atoms with Crippen LogP contribution in [0.4, 0.5) is 0 Å². The summed E-state index contributed by atoms with van der Waals surface area (Å²) in [5, 5.41) is 2.99. The van der Waals surface area contributed by atoms with Crippen LogP contribution in [0, 0.1) is 5.92 Å². The molecule has 0 aliphatic heterocycles. The summed E-state index contributed by atoms with van der Waals surface area (Å²) in [7, 11) is 0. The molecule has 15 heavy (non-hydrogen) atoms. The molecule has 5 heteroatoms. The summed E-state index contributed by atoms with van der Waals surface area (Å²) < 4.78 is 5.15. The van der Waals surface area contributed by atoms with Gasteiger partial charge in [0.15, 0.2) is 5.96 Å². The maximum Gasteiger partial charge on any atom is 0.188 e. The lowest BCUT2D eigenvalue weighted by Crippen LogP contribution is -2.34. The number of hydrogen-bond donors (Lipinski definition) is 2. The Kier molecular flexibility index (Phi) is 13.9. The molecule has 4 nitrogen and oxygen atoms in total. The third-order valence-electron chi connectivity index (χ3n) is 1.75. The average Bonchev–Trinajstić information content (AvgIpc) is 2.12. The number of ether oxygens (including phenoxy) is 1. The first-order chi connectivity index (χ1) is 6.66. The molecule has 0 rings (SSSR count). The van der Waals surface area contributed by atoms with Gasteiger partial charge in [-0.2, -0.15) is 0 Å². The lowest BCUT2D eigenvalue weighted by molar-refractivity contribution is 0.152. The molecule has 0 aliphatic carbocycles. The first-order valence-corrected chi connectivity index (χ1v) is 5.28. The van der Waals surface area contributed by atoms with E-state index in [1.807, 2.05) is 6.92 Å². The van der Waals surface area contributed by atoms with E-state index < -0.39 is 0 Å². The number of aliphatic imine (C=N–C) groups is 1. The van der Waals surface area contributed by atoms with Crippen LogP contribution >= 0.6 is 24.0 Å². The fraction of sp³-hybridized carbons (Fsp3) is 0.900. The highest BCUT2D eigenvalue weighted by Gasteiger charge is 1.93. The number of rotatable bonds is 7. The molecule has 0 amide bonds. The Morgan fingerprint density at radius 1 is 1.47 bits per heavy atom. The minimum atomic E-state index is 0. The number of nitrogens with zero attached hydrogens (tertiary/aromatic N) is 1. The standard InChI is InChI=1S/C10H23N3O.HI/c1-4-14-8-7-13-10(11)12-6-5-9(2)3;/h9H,4-8H2,1-3H3,(H3,11,12,13);1H. The van der Waals surface area contributed by atoms with Gasteiger partial charge < -0.3 is 15.8 Å². The van der Waals surface area contributed by atoms with Gasteiger partial charge in [-0.25, -0.2) is 0 Å². The number of hydrogen-bond acceptors (Lipinski definition) is 2. The second kappa shape index (κ2) is 12.0. The largest absolute Gasteiger partial charge is 0.380 e. The zero-order chi connectivity index (χ0) is 10.8. The smallest absolute Gasteiger partial charge is 0.188 e. The van der Waals surface area contributed by atoms with E-state index in [0.29, 0.717) is 18.5 Å². The molecule has 0 aromatic carbocycles. The van der Waals surface area contributed by atoms with Crippen LogP contribution in [0.1, 0.15) is 27.2 Å². The highest BCUT2D eigenvalue weighted by atomic mass is 127. The summed E-state index contributed by atoms with van der Waals surface area (Å²) in [5.74, 6) is 1.19. The van der Waals surface area contributed by atoms with E-state index in [9.17, 15) is 0 Å². The average molecular weight is 329 g/mol. The molecule has 0 spiro atoms. The van der Waals surface area contributed by atoms with Crippen LogP contribution in [-0.2, 0) is 4.74 Å². The predicted octanol–water partition coefficient (Wildman–Crippen LogP) is 1.59. The summed E-state index contributed by atoms with van der Waals surface area (Å²) in [5.41, 5.74) is 5.63. The molecule has 92 valence electrons. The fourth-order valence-corrected chi connectivity index (χ4v) is 0.895. The molecular formula is C10H24IN3O. The Hall–Kier alpha value is -0.0400. The van der Waals surface area contributed by atoms with Crippen LogP contribution in [0.3, 0.4) is 0 Å². The van der Waals surface area contributed by atoms with Crippen molar-refractivity contribution in [3.8, 4) is 0 Å². The molecule has 0 aromatic rings. The monoisotopic (exact) mass is 329 g/mol. The van der Waals surface area contributed by atoms with Crippen molar-refractivity contribution in [1.82, 2.24) is 5.32 Å². The summed E-state index contributed by atoms with van der Waals surface area (Å²) in [6, 6.07) is 0. The summed E-state index contributed by atoms with van der Waals surface area (Å²) >= 11 is 0. The van der Waals surface area contributed by atoms with Gasteiger partial charge in [-0.1, -0.05) is 13.8 Å². The van der Waals surface area contributed by atoms with Crippen molar-refractivity contribution in [2.24, 2.45) is 16.6 Å². The Morgan fingerprint density at radius 3 is 2.67 bits per heavy atom. The van der Waals surface area contributed by atoms with Gasteiger partial charge in [-0.15, -0.1) is 24.0 Å². The summed E-state index contributed by atoms with van der Waals surface area (Å²) in [6.45, 7) is 9.27. The normalized spacial score (nSPS) is 11.3. The van der Waals surface area contributed by atoms with Crippen molar-refractivity contribution in [3.05, 3.63) is 0 Å². The van der Waals surface area contributed by atoms with Gasteiger partial charge in [0.25, 0.3) is 0 Å². The second-order valence-corrected chi connectivity index (χ2v) is 3.57. The van der Waals surface area contributed by atoms with Crippen molar-refractivity contribution >= 4 is 29.9 Å². The van der Waals surface area contributed by atoms with Gasteiger partial charge in [0.1, 0.15) is 0 Å². The first-order valence-electron chi connectivity index (χ1n) is 5.28. The molecule has 0 bridgehead atoms. The lowest BCUT2D eigenvalue weighted by atomic mass is 10.1. The molecule has 0 aromatic heterocycles. The van der Waals surface area contributed by atoms with Crippen LogP contribution in [0.5, 0.6) is 0 Å². The van der Waals surface area contributed by atoms with Crippen LogP contribution in [0.15, 0.2) is 4.99 Å². The van der Waals surface area contributed by atoms with Crippen LogP contribution in [0.25, 0.3) is 0 Å². The maximum atomic E-state index is 5.63. The zero-order valence-corrected chi connectivity index (χ0v) is 12.3. The molecule has 0 saturated carbocycles. The van der Waals surface area contributed by atoms with E-state index in [-0.39, 0.29) is 24.0 Å². The molecule has 0 atom stereocenters. The minimum Gasteiger partial charge on any atom is -0.380 e.